The fraction of sp³-hybridized carbons (Fsp3) is 0.500. The predicted molar refractivity (Wildman–Crippen MR) is 78.7 cm³/mol. The van der Waals surface area contributed by atoms with E-state index in [-0.39, 0.29) is 16.6 Å². The van der Waals surface area contributed by atoms with Crippen molar-refractivity contribution in [3.63, 3.8) is 0 Å². The van der Waals surface area contributed by atoms with E-state index in [1.165, 1.54) is 6.07 Å². The van der Waals surface area contributed by atoms with Crippen LogP contribution in [0.15, 0.2) is 17.0 Å². The molecule has 6 heteroatoms. The molecule has 0 aliphatic carbocycles. The van der Waals surface area contributed by atoms with Crippen molar-refractivity contribution in [1.29, 1.82) is 0 Å². The number of benzene rings is 1. The molecule has 0 amide bonds. The summed E-state index contributed by atoms with van der Waals surface area (Å²) in [6.45, 7) is 7.19. The lowest BCUT2D eigenvalue weighted by atomic mass is 10.1. The van der Waals surface area contributed by atoms with E-state index in [0.29, 0.717) is 11.1 Å². The minimum atomic E-state index is -3.89. The molecule has 112 valence electrons. The normalized spacial score (nSPS) is 13.1. The molecule has 1 aromatic carbocycles. The molecule has 0 fully saturated rings. The van der Waals surface area contributed by atoms with Crippen molar-refractivity contribution < 1.29 is 17.9 Å². The highest BCUT2D eigenvalue weighted by atomic mass is 35.7. The van der Waals surface area contributed by atoms with E-state index in [2.05, 4.69) is 0 Å². The van der Waals surface area contributed by atoms with Gasteiger partial charge in [0, 0.05) is 10.7 Å². The molecular weight excluding hydrogens is 300 g/mol. The van der Waals surface area contributed by atoms with Crippen molar-refractivity contribution in [3.05, 3.63) is 28.8 Å². The summed E-state index contributed by atoms with van der Waals surface area (Å²) in [5.74, 6) is -0.532. The summed E-state index contributed by atoms with van der Waals surface area (Å²) in [4.78, 5) is 12.0. The van der Waals surface area contributed by atoms with Crippen LogP contribution in [0.25, 0.3) is 0 Å². The van der Waals surface area contributed by atoms with Crippen LogP contribution >= 0.6 is 10.7 Å². The molecule has 1 unspecified atom stereocenters. The molecule has 1 aromatic rings. The number of aryl methyl sites for hydroxylation is 1. The van der Waals surface area contributed by atoms with Crippen LogP contribution in [-0.4, -0.2) is 20.5 Å². The zero-order valence-corrected chi connectivity index (χ0v) is 13.6. The standard InChI is InChI=1S/C14H19ClO4S/c1-5-6-10(3)19-14(16)12-7-9(2)11(4)13(8-12)20(15,17)18/h7-8,10H,5-6H2,1-4H3. The zero-order valence-electron chi connectivity index (χ0n) is 12.1. The fourth-order valence-corrected chi connectivity index (χ4v) is 3.19. The first-order valence-corrected chi connectivity index (χ1v) is 8.74. The Morgan fingerprint density at radius 1 is 1.35 bits per heavy atom. The summed E-state index contributed by atoms with van der Waals surface area (Å²) in [6.07, 6.45) is 1.46. The number of halogens is 1. The number of rotatable bonds is 5. The lowest BCUT2D eigenvalue weighted by molar-refractivity contribution is 0.0323. The maximum absolute atomic E-state index is 12.0. The predicted octanol–water partition coefficient (Wildman–Crippen LogP) is 3.58. The molecule has 0 bridgehead atoms. The number of ether oxygens (including phenoxy) is 1. The van der Waals surface area contributed by atoms with Gasteiger partial charge in [0.05, 0.1) is 16.6 Å². The second kappa shape index (κ2) is 6.59. The van der Waals surface area contributed by atoms with Crippen molar-refractivity contribution in [1.82, 2.24) is 0 Å². The third-order valence-electron chi connectivity index (χ3n) is 3.12. The number of hydrogen-bond donors (Lipinski definition) is 0. The smallest absolute Gasteiger partial charge is 0.338 e. The first kappa shape index (κ1) is 17.0. The first-order chi connectivity index (χ1) is 9.16. The average Bonchev–Trinajstić information content (AvgIpc) is 2.30. The highest BCUT2D eigenvalue weighted by Gasteiger charge is 2.20. The van der Waals surface area contributed by atoms with Crippen molar-refractivity contribution >= 4 is 25.7 Å². The Labute approximate surface area is 124 Å². The second-order valence-electron chi connectivity index (χ2n) is 4.86. The maximum Gasteiger partial charge on any atom is 0.338 e. The monoisotopic (exact) mass is 318 g/mol. The fourth-order valence-electron chi connectivity index (χ4n) is 1.91. The zero-order chi connectivity index (χ0) is 15.5. The third-order valence-corrected chi connectivity index (χ3v) is 4.57. The summed E-state index contributed by atoms with van der Waals surface area (Å²) in [6, 6.07) is 2.88. The minimum Gasteiger partial charge on any atom is -0.459 e. The molecule has 0 saturated carbocycles. The van der Waals surface area contributed by atoms with Crippen LogP contribution in [0.4, 0.5) is 0 Å². The van der Waals surface area contributed by atoms with Crippen LogP contribution < -0.4 is 0 Å². The van der Waals surface area contributed by atoms with Gasteiger partial charge in [-0.3, -0.25) is 0 Å². The molecule has 4 nitrogen and oxygen atoms in total. The van der Waals surface area contributed by atoms with Crippen LogP contribution in [0.1, 0.15) is 48.2 Å². The van der Waals surface area contributed by atoms with Crippen LogP contribution in [0, 0.1) is 13.8 Å². The molecular formula is C14H19ClO4S. The van der Waals surface area contributed by atoms with Gasteiger partial charge < -0.3 is 4.74 Å². The Balaban J connectivity index is 3.15. The van der Waals surface area contributed by atoms with Crippen molar-refractivity contribution in [2.24, 2.45) is 0 Å². The Bertz CT molecular complexity index is 608. The first-order valence-electron chi connectivity index (χ1n) is 6.43. The molecule has 1 rings (SSSR count). The SMILES string of the molecule is CCCC(C)OC(=O)c1cc(C)c(C)c(S(=O)(=O)Cl)c1. The van der Waals surface area contributed by atoms with Gasteiger partial charge in [0.1, 0.15) is 0 Å². The van der Waals surface area contributed by atoms with Crippen molar-refractivity contribution in [2.75, 3.05) is 0 Å². The van der Waals surface area contributed by atoms with Crippen LogP contribution in [0.3, 0.4) is 0 Å². The Kier molecular flexibility index (Phi) is 5.59. The van der Waals surface area contributed by atoms with E-state index in [4.69, 9.17) is 15.4 Å². The third kappa shape index (κ3) is 4.21. The molecule has 0 aliphatic rings. The van der Waals surface area contributed by atoms with E-state index in [0.717, 1.165) is 12.8 Å². The number of hydrogen-bond acceptors (Lipinski definition) is 4. The quantitative estimate of drug-likeness (QED) is 0.615. The summed E-state index contributed by atoms with van der Waals surface area (Å²) in [7, 11) is 1.50. The van der Waals surface area contributed by atoms with Gasteiger partial charge in [-0.05, 0) is 50.5 Å². The number of carbonyl (C=O) groups excluding carboxylic acids is 1. The minimum absolute atomic E-state index is 0.0470. The highest BCUT2D eigenvalue weighted by molar-refractivity contribution is 8.13. The van der Waals surface area contributed by atoms with Crippen LogP contribution in [-0.2, 0) is 13.8 Å². The van der Waals surface area contributed by atoms with E-state index < -0.39 is 15.0 Å². The molecule has 0 N–H and O–H groups in total. The highest BCUT2D eigenvalue weighted by Crippen LogP contribution is 2.25. The molecule has 0 radical (unpaired) electrons. The lowest BCUT2D eigenvalue weighted by Gasteiger charge is -2.14. The lowest BCUT2D eigenvalue weighted by Crippen LogP contribution is -2.15. The topological polar surface area (TPSA) is 60.4 Å². The summed E-state index contributed by atoms with van der Waals surface area (Å²) >= 11 is 0. The van der Waals surface area contributed by atoms with Gasteiger partial charge in [-0.15, -0.1) is 0 Å². The molecule has 0 spiro atoms. The summed E-state index contributed by atoms with van der Waals surface area (Å²) in [5, 5.41) is 0. The van der Waals surface area contributed by atoms with Gasteiger partial charge >= 0.3 is 5.97 Å². The van der Waals surface area contributed by atoms with Gasteiger partial charge in [-0.2, -0.15) is 0 Å². The number of esters is 1. The van der Waals surface area contributed by atoms with Gasteiger partial charge in [0.15, 0.2) is 0 Å². The Morgan fingerprint density at radius 3 is 2.45 bits per heavy atom. The van der Waals surface area contributed by atoms with Crippen LogP contribution in [0.2, 0.25) is 0 Å². The van der Waals surface area contributed by atoms with Gasteiger partial charge in [0.25, 0.3) is 9.05 Å². The summed E-state index contributed by atoms with van der Waals surface area (Å²) < 4.78 is 28.3. The molecule has 0 saturated heterocycles. The largest absolute Gasteiger partial charge is 0.459 e. The van der Waals surface area contributed by atoms with Crippen molar-refractivity contribution in [2.45, 2.75) is 51.5 Å². The van der Waals surface area contributed by atoms with Crippen LogP contribution in [0.5, 0.6) is 0 Å². The molecule has 0 aliphatic heterocycles. The van der Waals surface area contributed by atoms with Gasteiger partial charge in [-0.25, -0.2) is 13.2 Å². The molecule has 1 atom stereocenters. The molecule has 0 aromatic heterocycles. The molecule has 0 heterocycles. The number of carbonyl (C=O) groups is 1. The Morgan fingerprint density at radius 2 is 1.95 bits per heavy atom. The van der Waals surface area contributed by atoms with E-state index in [1.807, 2.05) is 13.8 Å². The van der Waals surface area contributed by atoms with E-state index in [9.17, 15) is 13.2 Å². The van der Waals surface area contributed by atoms with E-state index in [1.54, 1.807) is 19.9 Å². The Hall–Kier alpha value is -1.07. The average molecular weight is 319 g/mol. The second-order valence-corrected chi connectivity index (χ2v) is 7.39. The van der Waals surface area contributed by atoms with Gasteiger partial charge in [0.2, 0.25) is 0 Å². The molecule has 20 heavy (non-hydrogen) atoms. The van der Waals surface area contributed by atoms with Gasteiger partial charge in [-0.1, -0.05) is 13.3 Å². The van der Waals surface area contributed by atoms with E-state index >= 15 is 0 Å². The van der Waals surface area contributed by atoms with Crippen molar-refractivity contribution in [3.8, 4) is 0 Å². The summed E-state index contributed by atoms with van der Waals surface area (Å²) in [5.41, 5.74) is 1.43. The maximum atomic E-state index is 12.0.